The molecular weight excluding hydrogens is 284 g/mol. The molecule has 1 aromatic rings. The van der Waals surface area contributed by atoms with E-state index in [0.29, 0.717) is 0 Å². The Morgan fingerprint density at radius 2 is 1.48 bits per heavy atom. The quantitative estimate of drug-likeness (QED) is 0.491. The molecule has 0 aromatic heterocycles. The Morgan fingerprint density at radius 1 is 0.870 bits per heavy atom. The number of benzene rings is 1. The van der Waals surface area contributed by atoms with Crippen molar-refractivity contribution < 1.29 is 4.74 Å². The minimum absolute atomic E-state index is 0.717. The molecule has 0 bridgehead atoms. The van der Waals surface area contributed by atoms with Gasteiger partial charge in [-0.1, -0.05) is 43.4 Å². The van der Waals surface area contributed by atoms with E-state index in [1.165, 1.54) is 44.1 Å². The van der Waals surface area contributed by atoms with Gasteiger partial charge < -0.3 is 10.1 Å². The zero-order valence-electron chi connectivity index (χ0n) is 14.7. The normalized spacial score (nSPS) is 10.4. The predicted molar refractivity (Wildman–Crippen MR) is 96.7 cm³/mol. The molecular formula is C20H32N2O. The van der Waals surface area contributed by atoms with Crippen molar-refractivity contribution in [3.8, 4) is 11.8 Å². The number of nitrogens with zero attached hydrogens (tertiary/aromatic N) is 1. The fraction of sp³-hybridized carbons (Fsp3) is 0.650. The Hall–Kier alpha value is -1.53. The van der Waals surface area contributed by atoms with Gasteiger partial charge in [-0.15, -0.1) is 0 Å². The summed E-state index contributed by atoms with van der Waals surface area (Å²) in [4.78, 5) is 0. The monoisotopic (exact) mass is 316 g/mol. The van der Waals surface area contributed by atoms with Crippen LogP contribution in [-0.2, 0) is 0 Å². The Bertz CT molecular complexity index is 422. The van der Waals surface area contributed by atoms with Crippen molar-refractivity contribution in [1.29, 1.82) is 5.26 Å². The molecule has 0 radical (unpaired) electrons. The smallest absolute Gasteiger partial charge is 0.119 e. The summed E-state index contributed by atoms with van der Waals surface area (Å²) in [6.07, 6.45) is 10.4. The lowest BCUT2D eigenvalue weighted by Gasteiger charge is -2.07. The first kappa shape index (κ1) is 19.5. The molecule has 3 nitrogen and oxygen atoms in total. The second kappa shape index (κ2) is 14.1. The van der Waals surface area contributed by atoms with Gasteiger partial charge in [-0.25, -0.2) is 0 Å². The number of ether oxygens (including phenoxy) is 1. The molecule has 0 heterocycles. The molecule has 0 atom stereocenters. The highest BCUT2D eigenvalue weighted by Gasteiger charge is 1.95. The number of aryl methyl sites for hydroxylation is 1. The molecule has 0 saturated carbocycles. The molecule has 0 aliphatic rings. The van der Waals surface area contributed by atoms with Crippen LogP contribution in [0.15, 0.2) is 24.3 Å². The summed E-state index contributed by atoms with van der Waals surface area (Å²) in [5.74, 6) is 0.971. The maximum absolute atomic E-state index is 8.45. The lowest BCUT2D eigenvalue weighted by molar-refractivity contribution is 0.305. The van der Waals surface area contributed by atoms with Gasteiger partial charge in [-0.05, 0) is 57.8 Å². The molecule has 3 heteroatoms. The third-order valence-electron chi connectivity index (χ3n) is 3.93. The van der Waals surface area contributed by atoms with Crippen LogP contribution in [0.2, 0.25) is 0 Å². The molecule has 0 unspecified atom stereocenters. The lowest BCUT2D eigenvalue weighted by Crippen LogP contribution is -2.17. The summed E-state index contributed by atoms with van der Waals surface area (Å²) >= 11 is 0. The molecule has 0 saturated heterocycles. The zero-order chi connectivity index (χ0) is 16.6. The van der Waals surface area contributed by atoms with Crippen LogP contribution in [0.5, 0.6) is 5.75 Å². The van der Waals surface area contributed by atoms with Gasteiger partial charge in [0.15, 0.2) is 0 Å². The maximum Gasteiger partial charge on any atom is 0.119 e. The molecule has 128 valence electrons. The summed E-state index contributed by atoms with van der Waals surface area (Å²) in [6.45, 7) is 5.09. The summed E-state index contributed by atoms with van der Waals surface area (Å²) in [6, 6.07) is 10.4. The Balaban J connectivity index is 1.78. The molecule has 0 spiro atoms. The van der Waals surface area contributed by atoms with E-state index in [4.69, 9.17) is 10.00 Å². The summed E-state index contributed by atoms with van der Waals surface area (Å²) in [5, 5.41) is 11.9. The van der Waals surface area contributed by atoms with E-state index >= 15 is 0 Å². The zero-order valence-corrected chi connectivity index (χ0v) is 14.7. The summed E-state index contributed by atoms with van der Waals surface area (Å²) in [5.41, 5.74) is 1.27. The first-order valence-corrected chi connectivity index (χ1v) is 9.10. The van der Waals surface area contributed by atoms with Crippen molar-refractivity contribution in [1.82, 2.24) is 5.32 Å². The fourth-order valence-electron chi connectivity index (χ4n) is 2.46. The standard InChI is InChI=1S/C20H32N2O/c1-19-11-13-20(14-12-19)23-18-10-9-17-22-16-8-6-4-2-3-5-7-15-21/h11-14,22H,2-10,16-18H2,1H3. The SMILES string of the molecule is Cc1ccc(OCCCCNCCCCCCCCC#N)cc1. The van der Waals surface area contributed by atoms with Gasteiger partial charge in [0.05, 0.1) is 12.7 Å². The molecule has 1 rings (SSSR count). The summed E-state index contributed by atoms with van der Waals surface area (Å²) < 4.78 is 5.71. The summed E-state index contributed by atoms with van der Waals surface area (Å²) in [7, 11) is 0. The van der Waals surface area contributed by atoms with Crippen LogP contribution in [-0.4, -0.2) is 19.7 Å². The van der Waals surface area contributed by atoms with Gasteiger partial charge in [-0.3, -0.25) is 0 Å². The van der Waals surface area contributed by atoms with Crippen molar-refractivity contribution >= 4 is 0 Å². The van der Waals surface area contributed by atoms with Crippen molar-refractivity contribution in [2.24, 2.45) is 0 Å². The van der Waals surface area contributed by atoms with Crippen LogP contribution >= 0.6 is 0 Å². The lowest BCUT2D eigenvalue weighted by atomic mass is 10.1. The molecule has 0 amide bonds. The number of unbranched alkanes of at least 4 members (excludes halogenated alkanes) is 7. The van der Waals surface area contributed by atoms with E-state index in [2.05, 4.69) is 30.4 Å². The van der Waals surface area contributed by atoms with Gasteiger partial charge in [-0.2, -0.15) is 5.26 Å². The van der Waals surface area contributed by atoms with Crippen LogP contribution in [0, 0.1) is 18.3 Å². The molecule has 23 heavy (non-hydrogen) atoms. The third kappa shape index (κ3) is 11.7. The highest BCUT2D eigenvalue weighted by Crippen LogP contribution is 2.11. The molecule has 0 aliphatic carbocycles. The maximum atomic E-state index is 8.45. The number of nitriles is 1. The van der Waals surface area contributed by atoms with E-state index in [-0.39, 0.29) is 0 Å². The van der Waals surface area contributed by atoms with Gasteiger partial charge in [0.2, 0.25) is 0 Å². The van der Waals surface area contributed by atoms with Gasteiger partial charge in [0.25, 0.3) is 0 Å². The van der Waals surface area contributed by atoms with Crippen LogP contribution in [0.25, 0.3) is 0 Å². The average molecular weight is 316 g/mol. The third-order valence-corrected chi connectivity index (χ3v) is 3.93. The predicted octanol–water partition coefficient (Wildman–Crippen LogP) is 5.00. The van der Waals surface area contributed by atoms with Crippen LogP contribution in [0.4, 0.5) is 0 Å². The Labute approximate surface area is 142 Å². The van der Waals surface area contributed by atoms with Crippen molar-refractivity contribution in [2.75, 3.05) is 19.7 Å². The van der Waals surface area contributed by atoms with Crippen molar-refractivity contribution in [3.63, 3.8) is 0 Å². The first-order valence-electron chi connectivity index (χ1n) is 9.10. The number of rotatable bonds is 14. The fourth-order valence-corrected chi connectivity index (χ4v) is 2.46. The second-order valence-electron chi connectivity index (χ2n) is 6.15. The number of hydrogen-bond donors (Lipinski definition) is 1. The molecule has 0 fully saturated rings. The van der Waals surface area contributed by atoms with Crippen LogP contribution in [0.1, 0.15) is 63.4 Å². The molecule has 0 aliphatic heterocycles. The Kier molecular flexibility index (Phi) is 12.0. The highest BCUT2D eigenvalue weighted by molar-refractivity contribution is 5.26. The van der Waals surface area contributed by atoms with Gasteiger partial charge in [0.1, 0.15) is 5.75 Å². The van der Waals surface area contributed by atoms with Crippen molar-refractivity contribution in [2.45, 2.75) is 64.7 Å². The van der Waals surface area contributed by atoms with E-state index in [1.54, 1.807) is 0 Å². The minimum atomic E-state index is 0.717. The Morgan fingerprint density at radius 3 is 2.17 bits per heavy atom. The minimum Gasteiger partial charge on any atom is -0.494 e. The largest absolute Gasteiger partial charge is 0.494 e. The topological polar surface area (TPSA) is 45.0 Å². The van der Waals surface area contributed by atoms with Gasteiger partial charge >= 0.3 is 0 Å². The van der Waals surface area contributed by atoms with E-state index in [9.17, 15) is 0 Å². The second-order valence-corrected chi connectivity index (χ2v) is 6.15. The van der Waals surface area contributed by atoms with E-state index in [0.717, 1.165) is 44.7 Å². The number of nitrogens with one attached hydrogen (secondary N) is 1. The highest BCUT2D eigenvalue weighted by atomic mass is 16.5. The van der Waals surface area contributed by atoms with E-state index in [1.807, 2.05) is 12.1 Å². The van der Waals surface area contributed by atoms with Crippen LogP contribution in [0.3, 0.4) is 0 Å². The van der Waals surface area contributed by atoms with Crippen molar-refractivity contribution in [3.05, 3.63) is 29.8 Å². The molecule has 1 N–H and O–H groups in total. The molecule has 1 aromatic carbocycles. The number of hydrogen-bond acceptors (Lipinski definition) is 3. The van der Waals surface area contributed by atoms with Crippen LogP contribution < -0.4 is 10.1 Å². The van der Waals surface area contributed by atoms with Gasteiger partial charge in [0, 0.05) is 6.42 Å². The average Bonchev–Trinajstić information content (AvgIpc) is 2.57. The van der Waals surface area contributed by atoms with E-state index < -0.39 is 0 Å². The first-order chi connectivity index (χ1) is 11.3.